The molecule has 0 saturated carbocycles. The predicted octanol–water partition coefficient (Wildman–Crippen LogP) is 1.48. The fourth-order valence-corrected chi connectivity index (χ4v) is 3.46. The van der Waals surface area contributed by atoms with Gasteiger partial charge in [0, 0.05) is 32.7 Å². The van der Waals surface area contributed by atoms with E-state index in [1.54, 1.807) is 0 Å². The SMILES string of the molecule is CN1CCN(NCc2ccc([Si](C)(C)C)cc2)CC1. The normalized spacial score (nSPS) is 18.7. The average Bonchev–Trinajstić information content (AvgIpc) is 2.37. The lowest BCUT2D eigenvalue weighted by molar-refractivity contribution is 0.102. The predicted molar refractivity (Wildman–Crippen MR) is 85.3 cm³/mol. The largest absolute Gasteiger partial charge is 0.304 e. The molecule has 3 nitrogen and oxygen atoms in total. The second-order valence-electron chi connectivity index (χ2n) is 6.57. The Bertz CT molecular complexity index is 389. The van der Waals surface area contributed by atoms with Crippen LogP contribution in [0.5, 0.6) is 0 Å². The van der Waals surface area contributed by atoms with Crippen molar-refractivity contribution >= 4 is 13.3 Å². The van der Waals surface area contributed by atoms with Gasteiger partial charge in [-0.15, -0.1) is 0 Å². The molecule has 0 aliphatic carbocycles. The molecular formula is C15H27N3Si. The molecule has 0 unspecified atom stereocenters. The van der Waals surface area contributed by atoms with E-state index < -0.39 is 8.07 Å². The molecule has 0 atom stereocenters. The second kappa shape index (κ2) is 6.18. The first-order valence-electron chi connectivity index (χ1n) is 7.21. The Kier molecular flexibility index (Phi) is 4.79. The molecule has 4 heteroatoms. The van der Waals surface area contributed by atoms with Gasteiger partial charge in [-0.25, -0.2) is 5.01 Å². The zero-order valence-electron chi connectivity index (χ0n) is 12.7. The molecule has 1 heterocycles. The van der Waals surface area contributed by atoms with Crippen molar-refractivity contribution in [2.45, 2.75) is 26.2 Å². The maximum absolute atomic E-state index is 3.53. The summed E-state index contributed by atoms with van der Waals surface area (Å²) in [5, 5.41) is 3.88. The molecule has 1 aromatic rings. The third kappa shape index (κ3) is 4.42. The smallest absolute Gasteiger partial charge is 0.0775 e. The Hall–Kier alpha value is -0.683. The number of nitrogens with zero attached hydrogens (tertiary/aromatic N) is 2. The van der Waals surface area contributed by atoms with Crippen molar-refractivity contribution in [3.63, 3.8) is 0 Å². The summed E-state index contributed by atoms with van der Waals surface area (Å²) >= 11 is 0. The summed E-state index contributed by atoms with van der Waals surface area (Å²) < 4.78 is 0. The first-order chi connectivity index (χ1) is 8.95. The van der Waals surface area contributed by atoms with Crippen LogP contribution in [0.25, 0.3) is 0 Å². The summed E-state index contributed by atoms with van der Waals surface area (Å²) in [6.07, 6.45) is 0. The summed E-state index contributed by atoms with van der Waals surface area (Å²) in [6.45, 7) is 12.7. The van der Waals surface area contributed by atoms with Crippen LogP contribution in [0.3, 0.4) is 0 Å². The zero-order valence-corrected chi connectivity index (χ0v) is 13.7. The Morgan fingerprint density at radius 1 is 1.00 bits per heavy atom. The van der Waals surface area contributed by atoms with Crippen molar-refractivity contribution in [2.24, 2.45) is 0 Å². The van der Waals surface area contributed by atoms with Gasteiger partial charge in [0.2, 0.25) is 0 Å². The summed E-state index contributed by atoms with van der Waals surface area (Å²) in [5.41, 5.74) is 4.91. The zero-order chi connectivity index (χ0) is 13.9. The van der Waals surface area contributed by atoms with E-state index in [9.17, 15) is 0 Å². The number of piperazine rings is 1. The minimum atomic E-state index is -1.16. The molecule has 2 rings (SSSR count). The molecule has 0 radical (unpaired) electrons. The van der Waals surface area contributed by atoms with Gasteiger partial charge in [0.15, 0.2) is 0 Å². The van der Waals surface area contributed by atoms with Crippen molar-refractivity contribution in [1.29, 1.82) is 0 Å². The van der Waals surface area contributed by atoms with Gasteiger partial charge in [-0.05, 0) is 12.6 Å². The Morgan fingerprint density at radius 3 is 2.11 bits per heavy atom. The van der Waals surface area contributed by atoms with Crippen LogP contribution in [-0.4, -0.2) is 51.2 Å². The standard InChI is InChI=1S/C15H27N3Si/c1-17-9-11-18(12-10-17)16-13-14-5-7-15(8-6-14)19(2,3)4/h5-8,16H,9-13H2,1-4H3. The Balaban J connectivity index is 1.83. The summed E-state index contributed by atoms with van der Waals surface area (Å²) in [6, 6.07) is 9.17. The van der Waals surface area contributed by atoms with E-state index >= 15 is 0 Å². The van der Waals surface area contributed by atoms with E-state index in [-0.39, 0.29) is 0 Å². The van der Waals surface area contributed by atoms with Crippen LogP contribution in [0.4, 0.5) is 0 Å². The molecule has 1 fully saturated rings. The van der Waals surface area contributed by atoms with E-state index in [2.05, 4.69) is 66.3 Å². The van der Waals surface area contributed by atoms with Crippen LogP contribution in [0.1, 0.15) is 5.56 Å². The van der Waals surface area contributed by atoms with Crippen LogP contribution >= 0.6 is 0 Å². The molecule has 1 aliphatic rings. The lowest BCUT2D eigenvalue weighted by atomic mass is 10.2. The van der Waals surface area contributed by atoms with E-state index in [4.69, 9.17) is 0 Å². The van der Waals surface area contributed by atoms with Crippen LogP contribution in [-0.2, 0) is 6.54 Å². The van der Waals surface area contributed by atoms with Gasteiger partial charge in [0.1, 0.15) is 0 Å². The lowest BCUT2D eigenvalue weighted by Crippen LogP contribution is -2.50. The van der Waals surface area contributed by atoms with Gasteiger partial charge >= 0.3 is 0 Å². The number of likely N-dealkylation sites (N-methyl/N-ethyl adjacent to an activating group) is 1. The Labute approximate surface area is 118 Å². The fourth-order valence-electron chi connectivity index (χ4n) is 2.29. The number of hydrogen-bond acceptors (Lipinski definition) is 3. The molecule has 0 bridgehead atoms. The van der Waals surface area contributed by atoms with Crippen LogP contribution in [0.15, 0.2) is 24.3 Å². The molecular weight excluding hydrogens is 250 g/mol. The monoisotopic (exact) mass is 277 g/mol. The minimum absolute atomic E-state index is 0.940. The van der Waals surface area contributed by atoms with Gasteiger partial charge in [0.25, 0.3) is 0 Å². The van der Waals surface area contributed by atoms with Gasteiger partial charge in [0.05, 0.1) is 8.07 Å². The van der Waals surface area contributed by atoms with E-state index in [1.807, 2.05) is 0 Å². The summed E-state index contributed by atoms with van der Waals surface area (Å²) in [4.78, 5) is 2.38. The minimum Gasteiger partial charge on any atom is -0.304 e. The van der Waals surface area contributed by atoms with Gasteiger partial charge in [-0.1, -0.05) is 49.1 Å². The number of hydrogen-bond donors (Lipinski definition) is 1. The van der Waals surface area contributed by atoms with Crippen molar-refractivity contribution in [2.75, 3.05) is 33.2 Å². The first kappa shape index (κ1) is 14.7. The topological polar surface area (TPSA) is 18.5 Å². The average molecular weight is 277 g/mol. The van der Waals surface area contributed by atoms with Crippen molar-refractivity contribution in [3.05, 3.63) is 29.8 Å². The third-order valence-corrected chi connectivity index (χ3v) is 5.90. The molecule has 19 heavy (non-hydrogen) atoms. The summed E-state index contributed by atoms with van der Waals surface area (Å²) in [7, 11) is 1.03. The van der Waals surface area contributed by atoms with Crippen molar-refractivity contribution < 1.29 is 0 Å². The highest BCUT2D eigenvalue weighted by molar-refractivity contribution is 6.88. The van der Waals surface area contributed by atoms with Crippen molar-refractivity contribution in [3.8, 4) is 0 Å². The highest BCUT2D eigenvalue weighted by atomic mass is 28.3. The van der Waals surface area contributed by atoms with Crippen LogP contribution in [0, 0.1) is 0 Å². The number of nitrogens with one attached hydrogen (secondary N) is 1. The van der Waals surface area contributed by atoms with Crippen LogP contribution in [0.2, 0.25) is 19.6 Å². The Morgan fingerprint density at radius 2 is 1.58 bits per heavy atom. The molecule has 1 saturated heterocycles. The van der Waals surface area contributed by atoms with Crippen molar-refractivity contribution in [1.82, 2.24) is 15.3 Å². The fraction of sp³-hybridized carbons (Fsp3) is 0.600. The molecule has 106 valence electrons. The number of rotatable bonds is 4. The lowest BCUT2D eigenvalue weighted by Gasteiger charge is -2.32. The molecule has 0 aromatic heterocycles. The highest BCUT2D eigenvalue weighted by Crippen LogP contribution is 2.05. The maximum atomic E-state index is 3.53. The number of benzene rings is 1. The maximum Gasteiger partial charge on any atom is 0.0775 e. The van der Waals surface area contributed by atoms with Gasteiger partial charge in [-0.3, -0.25) is 5.43 Å². The third-order valence-electron chi connectivity index (χ3n) is 3.83. The molecule has 1 aliphatic heterocycles. The first-order valence-corrected chi connectivity index (χ1v) is 10.7. The molecule has 1 aromatic carbocycles. The second-order valence-corrected chi connectivity index (χ2v) is 11.6. The molecule has 0 spiro atoms. The number of hydrazine groups is 1. The van der Waals surface area contributed by atoms with Gasteiger partial charge < -0.3 is 4.90 Å². The van der Waals surface area contributed by atoms with E-state index in [1.165, 1.54) is 10.8 Å². The van der Waals surface area contributed by atoms with Gasteiger partial charge in [-0.2, -0.15) is 0 Å². The highest BCUT2D eigenvalue weighted by Gasteiger charge is 2.16. The summed E-state index contributed by atoms with van der Waals surface area (Å²) in [5.74, 6) is 0. The molecule has 0 amide bonds. The van der Waals surface area contributed by atoms with Crippen LogP contribution < -0.4 is 10.6 Å². The quantitative estimate of drug-likeness (QED) is 0.841. The van der Waals surface area contributed by atoms with E-state index in [0.717, 1.165) is 32.7 Å². The van der Waals surface area contributed by atoms with E-state index in [0.29, 0.717) is 0 Å². The molecule has 1 N–H and O–H groups in total.